The Morgan fingerprint density at radius 2 is 1.86 bits per heavy atom. The molecule has 2 aromatic carbocycles. The van der Waals surface area contributed by atoms with Crippen molar-refractivity contribution in [1.82, 2.24) is 5.43 Å². The van der Waals surface area contributed by atoms with Crippen molar-refractivity contribution in [3.8, 4) is 5.75 Å². The zero-order valence-electron chi connectivity index (χ0n) is 11.6. The maximum atomic E-state index is 11.9. The van der Waals surface area contributed by atoms with Crippen LogP contribution in [0.5, 0.6) is 5.75 Å². The zero-order chi connectivity index (χ0) is 16.3. The van der Waals surface area contributed by atoms with Gasteiger partial charge in [0.05, 0.1) is 10.7 Å². The van der Waals surface area contributed by atoms with Gasteiger partial charge in [0.25, 0.3) is 5.91 Å². The van der Waals surface area contributed by atoms with Gasteiger partial charge in [-0.1, -0.05) is 23.2 Å². The Kier molecular flexibility index (Phi) is 4.90. The van der Waals surface area contributed by atoms with E-state index in [1.54, 1.807) is 31.2 Å². The van der Waals surface area contributed by atoms with Crippen molar-refractivity contribution >= 4 is 40.5 Å². The highest BCUT2D eigenvalue weighted by Crippen LogP contribution is 2.31. The Morgan fingerprint density at radius 3 is 2.50 bits per heavy atom. The summed E-state index contributed by atoms with van der Waals surface area (Å²) in [6.07, 6.45) is 0. The molecule has 0 unspecified atom stereocenters. The van der Waals surface area contributed by atoms with Crippen LogP contribution >= 0.6 is 23.2 Å². The summed E-state index contributed by atoms with van der Waals surface area (Å²) in [5, 5.41) is 14.3. The molecule has 4 N–H and O–H groups in total. The second kappa shape index (κ2) is 6.68. The van der Waals surface area contributed by atoms with E-state index in [4.69, 9.17) is 28.9 Å². The Bertz CT molecular complexity index is 743. The van der Waals surface area contributed by atoms with Crippen LogP contribution in [0.15, 0.2) is 41.5 Å². The number of hydrogen-bond donors (Lipinski definition) is 3. The van der Waals surface area contributed by atoms with Crippen molar-refractivity contribution < 1.29 is 9.90 Å². The molecule has 0 fully saturated rings. The van der Waals surface area contributed by atoms with Crippen LogP contribution in [0.3, 0.4) is 0 Å². The van der Waals surface area contributed by atoms with Gasteiger partial charge < -0.3 is 10.8 Å². The maximum absolute atomic E-state index is 11.9. The molecule has 0 aliphatic rings. The summed E-state index contributed by atoms with van der Waals surface area (Å²) in [7, 11) is 0. The number of benzene rings is 2. The molecule has 2 aromatic rings. The number of nitrogens with two attached hydrogens (primary N) is 1. The van der Waals surface area contributed by atoms with Crippen LogP contribution in [0.4, 0.5) is 5.69 Å². The summed E-state index contributed by atoms with van der Waals surface area (Å²) in [6.45, 7) is 1.62. The van der Waals surface area contributed by atoms with Gasteiger partial charge in [0.2, 0.25) is 0 Å². The SMILES string of the molecule is C/C(=N\NC(=O)c1ccc(N)cc1)c1cc(Cl)cc(Cl)c1O. The minimum absolute atomic E-state index is 0.113. The molecule has 0 saturated heterocycles. The van der Waals surface area contributed by atoms with Crippen molar-refractivity contribution in [2.75, 3.05) is 5.73 Å². The fourth-order valence-electron chi connectivity index (χ4n) is 1.74. The minimum atomic E-state index is -0.396. The number of nitrogens with one attached hydrogen (secondary N) is 1. The molecule has 7 heteroatoms. The first kappa shape index (κ1) is 16.1. The maximum Gasteiger partial charge on any atom is 0.271 e. The van der Waals surface area contributed by atoms with E-state index in [1.807, 2.05) is 0 Å². The zero-order valence-corrected chi connectivity index (χ0v) is 13.1. The quantitative estimate of drug-likeness (QED) is 0.455. The van der Waals surface area contributed by atoms with Crippen LogP contribution < -0.4 is 11.2 Å². The van der Waals surface area contributed by atoms with Crippen LogP contribution in [0, 0.1) is 0 Å². The second-order valence-electron chi connectivity index (χ2n) is 4.54. The predicted molar refractivity (Wildman–Crippen MR) is 88.7 cm³/mol. The third-order valence-electron chi connectivity index (χ3n) is 2.92. The Hall–Kier alpha value is -2.24. The van der Waals surface area contributed by atoms with Crippen LogP contribution in [-0.4, -0.2) is 16.7 Å². The molecule has 22 heavy (non-hydrogen) atoms. The Morgan fingerprint density at radius 1 is 1.23 bits per heavy atom. The van der Waals surface area contributed by atoms with Gasteiger partial charge in [0.15, 0.2) is 0 Å². The summed E-state index contributed by atoms with van der Waals surface area (Å²) in [6, 6.07) is 9.34. The number of aromatic hydroxyl groups is 1. The third-order valence-corrected chi connectivity index (χ3v) is 3.42. The average molecular weight is 338 g/mol. The molecule has 1 amide bonds. The third kappa shape index (κ3) is 3.69. The van der Waals surface area contributed by atoms with E-state index in [1.165, 1.54) is 12.1 Å². The smallest absolute Gasteiger partial charge is 0.271 e. The van der Waals surface area contributed by atoms with Gasteiger partial charge in [-0.25, -0.2) is 5.43 Å². The van der Waals surface area contributed by atoms with Gasteiger partial charge in [-0.3, -0.25) is 4.79 Å². The number of amides is 1. The Labute approximate surface area is 137 Å². The molecule has 0 aromatic heterocycles. The summed E-state index contributed by atoms with van der Waals surface area (Å²) < 4.78 is 0. The van der Waals surface area contributed by atoms with Gasteiger partial charge in [-0.15, -0.1) is 0 Å². The lowest BCUT2D eigenvalue weighted by Gasteiger charge is -2.07. The van der Waals surface area contributed by atoms with E-state index in [0.29, 0.717) is 27.5 Å². The molecule has 114 valence electrons. The average Bonchev–Trinajstić information content (AvgIpc) is 2.48. The molecule has 2 rings (SSSR count). The van der Waals surface area contributed by atoms with Crippen molar-refractivity contribution in [2.24, 2.45) is 5.10 Å². The van der Waals surface area contributed by atoms with Crippen molar-refractivity contribution in [2.45, 2.75) is 6.92 Å². The van der Waals surface area contributed by atoms with Crippen LogP contribution in [0.2, 0.25) is 10.0 Å². The molecule has 0 spiro atoms. The van der Waals surface area contributed by atoms with E-state index in [9.17, 15) is 9.90 Å². The molecule has 0 aliphatic carbocycles. The number of carbonyl (C=O) groups excluding carboxylic acids is 1. The predicted octanol–water partition coefficient (Wildman–Crippen LogP) is 3.44. The van der Waals surface area contributed by atoms with E-state index >= 15 is 0 Å². The first-order valence-corrected chi connectivity index (χ1v) is 7.02. The molecule has 5 nitrogen and oxygen atoms in total. The highest BCUT2D eigenvalue weighted by Gasteiger charge is 2.11. The van der Waals surface area contributed by atoms with Crippen molar-refractivity contribution in [3.05, 3.63) is 57.6 Å². The summed E-state index contributed by atoms with van der Waals surface area (Å²) >= 11 is 11.7. The molecular weight excluding hydrogens is 325 g/mol. The lowest BCUT2D eigenvalue weighted by molar-refractivity contribution is 0.0955. The van der Waals surface area contributed by atoms with E-state index in [0.717, 1.165) is 0 Å². The summed E-state index contributed by atoms with van der Waals surface area (Å²) in [5.74, 6) is -0.541. The number of rotatable bonds is 3. The highest BCUT2D eigenvalue weighted by molar-refractivity contribution is 6.36. The highest BCUT2D eigenvalue weighted by atomic mass is 35.5. The van der Waals surface area contributed by atoms with Crippen LogP contribution in [-0.2, 0) is 0 Å². The molecule has 0 aliphatic heterocycles. The van der Waals surface area contributed by atoms with Gasteiger partial charge in [0.1, 0.15) is 5.75 Å². The van der Waals surface area contributed by atoms with Gasteiger partial charge in [0, 0.05) is 21.8 Å². The number of carbonyl (C=O) groups is 1. The molecule has 0 saturated carbocycles. The molecular formula is C15H13Cl2N3O2. The van der Waals surface area contributed by atoms with Gasteiger partial charge in [-0.2, -0.15) is 5.10 Å². The second-order valence-corrected chi connectivity index (χ2v) is 5.39. The lowest BCUT2D eigenvalue weighted by atomic mass is 10.1. The first-order chi connectivity index (χ1) is 10.4. The van der Waals surface area contributed by atoms with E-state index in [-0.39, 0.29) is 10.8 Å². The number of nitrogen functional groups attached to an aromatic ring is 1. The Balaban J connectivity index is 2.19. The fourth-order valence-corrected chi connectivity index (χ4v) is 2.23. The number of hydrazone groups is 1. The summed E-state index contributed by atoms with van der Waals surface area (Å²) in [4.78, 5) is 11.9. The largest absolute Gasteiger partial charge is 0.506 e. The number of anilines is 1. The number of phenolic OH excluding ortho intramolecular Hbond substituents is 1. The van der Waals surface area contributed by atoms with Gasteiger partial charge in [-0.05, 0) is 43.3 Å². The molecule has 0 bridgehead atoms. The fraction of sp³-hybridized carbons (Fsp3) is 0.0667. The van der Waals surface area contributed by atoms with Crippen molar-refractivity contribution in [1.29, 1.82) is 0 Å². The monoisotopic (exact) mass is 337 g/mol. The lowest BCUT2D eigenvalue weighted by Crippen LogP contribution is -2.19. The number of hydrogen-bond acceptors (Lipinski definition) is 4. The minimum Gasteiger partial charge on any atom is -0.506 e. The van der Waals surface area contributed by atoms with E-state index < -0.39 is 5.91 Å². The molecule has 0 atom stereocenters. The molecule has 0 heterocycles. The van der Waals surface area contributed by atoms with Crippen LogP contribution in [0.25, 0.3) is 0 Å². The number of nitrogens with zero attached hydrogens (tertiary/aromatic N) is 1. The topological polar surface area (TPSA) is 87.7 Å². The van der Waals surface area contributed by atoms with Crippen molar-refractivity contribution in [3.63, 3.8) is 0 Å². The van der Waals surface area contributed by atoms with Crippen LogP contribution in [0.1, 0.15) is 22.8 Å². The first-order valence-electron chi connectivity index (χ1n) is 6.27. The van der Waals surface area contributed by atoms with E-state index in [2.05, 4.69) is 10.5 Å². The number of halogens is 2. The normalized spacial score (nSPS) is 11.3. The molecule has 0 radical (unpaired) electrons. The standard InChI is InChI=1S/C15H13Cl2N3O2/c1-8(12-6-10(16)7-13(17)14(12)21)19-20-15(22)9-2-4-11(18)5-3-9/h2-7,21H,18H2,1H3,(H,20,22)/b19-8+. The van der Waals surface area contributed by atoms with Gasteiger partial charge >= 0.3 is 0 Å². The number of phenols is 1. The summed E-state index contributed by atoms with van der Waals surface area (Å²) in [5.41, 5.74) is 9.64.